The van der Waals surface area contributed by atoms with Crippen LogP contribution in [-0.4, -0.2) is 19.7 Å². The van der Waals surface area contributed by atoms with Gasteiger partial charge in [0.25, 0.3) is 0 Å². The van der Waals surface area contributed by atoms with Crippen LogP contribution in [0.3, 0.4) is 0 Å². The molecule has 0 atom stereocenters. The van der Waals surface area contributed by atoms with E-state index in [1.54, 1.807) is 12.3 Å². The zero-order valence-electron chi connectivity index (χ0n) is 13.9. The molecule has 0 aliphatic rings. The van der Waals surface area contributed by atoms with E-state index in [4.69, 9.17) is 4.74 Å². The van der Waals surface area contributed by atoms with Crippen molar-refractivity contribution in [3.8, 4) is 5.88 Å². The summed E-state index contributed by atoms with van der Waals surface area (Å²) < 4.78 is 7.56. The number of nitrogens with zero attached hydrogens (tertiary/aromatic N) is 4. The fourth-order valence-electron chi connectivity index (χ4n) is 2.44. The minimum atomic E-state index is 0.486. The Kier molecular flexibility index (Phi) is 5.05. The van der Waals surface area contributed by atoms with E-state index in [9.17, 15) is 0 Å². The van der Waals surface area contributed by atoms with Gasteiger partial charge < -0.3 is 10.1 Å². The Bertz CT molecular complexity index is 785. The van der Waals surface area contributed by atoms with Gasteiger partial charge in [0, 0.05) is 37.6 Å². The minimum Gasteiger partial charge on any atom is -0.473 e. The molecule has 0 saturated heterocycles. The number of anilines is 1. The maximum Gasteiger partial charge on any atom is 0.226 e. The van der Waals surface area contributed by atoms with Crippen molar-refractivity contribution in [2.24, 2.45) is 7.05 Å². The van der Waals surface area contributed by atoms with Gasteiger partial charge >= 0.3 is 0 Å². The zero-order valence-corrected chi connectivity index (χ0v) is 13.9. The first-order valence-corrected chi connectivity index (χ1v) is 7.99. The average Bonchev–Trinajstić information content (AvgIpc) is 2.99. The molecule has 2 heterocycles. The molecule has 6 heteroatoms. The molecule has 0 amide bonds. The van der Waals surface area contributed by atoms with Gasteiger partial charge in [-0.25, -0.2) is 4.98 Å². The molecule has 2 aromatic heterocycles. The Morgan fingerprint density at radius 2 is 2.00 bits per heavy atom. The Morgan fingerprint density at radius 1 is 1.17 bits per heavy atom. The summed E-state index contributed by atoms with van der Waals surface area (Å²) in [5, 5.41) is 7.67. The predicted octanol–water partition coefficient (Wildman–Crippen LogP) is 2.96. The summed E-state index contributed by atoms with van der Waals surface area (Å²) in [5.74, 6) is 1.10. The first-order chi connectivity index (χ1) is 11.7. The SMILES string of the molecule is CCc1nn(C)cc1CNc1nccc(OCc2ccccc2)n1. The van der Waals surface area contributed by atoms with Gasteiger partial charge in [-0.15, -0.1) is 0 Å². The highest BCUT2D eigenvalue weighted by Crippen LogP contribution is 2.13. The van der Waals surface area contributed by atoms with E-state index in [1.165, 1.54) is 0 Å². The van der Waals surface area contributed by atoms with Crippen molar-refractivity contribution in [3.63, 3.8) is 0 Å². The molecule has 24 heavy (non-hydrogen) atoms. The average molecular weight is 323 g/mol. The molecule has 1 aromatic carbocycles. The molecule has 3 aromatic rings. The third kappa shape index (κ3) is 4.10. The Morgan fingerprint density at radius 3 is 2.79 bits per heavy atom. The highest BCUT2D eigenvalue weighted by molar-refractivity contribution is 5.30. The summed E-state index contributed by atoms with van der Waals surface area (Å²) in [7, 11) is 1.93. The number of aryl methyl sites for hydroxylation is 2. The van der Waals surface area contributed by atoms with Gasteiger partial charge in [-0.2, -0.15) is 10.1 Å². The largest absolute Gasteiger partial charge is 0.473 e. The summed E-state index contributed by atoms with van der Waals surface area (Å²) in [6.45, 7) is 3.22. The quantitative estimate of drug-likeness (QED) is 0.724. The maximum atomic E-state index is 5.73. The lowest BCUT2D eigenvalue weighted by Gasteiger charge is -2.08. The number of ether oxygens (including phenoxy) is 1. The molecule has 0 aliphatic carbocycles. The Balaban J connectivity index is 1.60. The van der Waals surface area contributed by atoms with Crippen molar-refractivity contribution in [2.75, 3.05) is 5.32 Å². The second-order valence-electron chi connectivity index (χ2n) is 5.47. The van der Waals surface area contributed by atoms with Crippen molar-refractivity contribution in [1.29, 1.82) is 0 Å². The van der Waals surface area contributed by atoms with Gasteiger partial charge in [-0.1, -0.05) is 37.3 Å². The van der Waals surface area contributed by atoms with Crippen LogP contribution in [0.4, 0.5) is 5.95 Å². The van der Waals surface area contributed by atoms with Crippen LogP contribution in [0.2, 0.25) is 0 Å². The molecule has 0 unspecified atom stereocenters. The van der Waals surface area contributed by atoms with Crippen molar-refractivity contribution in [2.45, 2.75) is 26.5 Å². The summed E-state index contributed by atoms with van der Waals surface area (Å²) in [6, 6.07) is 11.8. The third-order valence-electron chi connectivity index (χ3n) is 3.62. The first-order valence-electron chi connectivity index (χ1n) is 7.99. The van der Waals surface area contributed by atoms with Crippen LogP contribution in [-0.2, 0) is 26.6 Å². The lowest BCUT2D eigenvalue weighted by Crippen LogP contribution is -2.06. The molecule has 0 radical (unpaired) electrons. The van der Waals surface area contributed by atoms with E-state index in [0.717, 1.165) is 23.2 Å². The number of nitrogens with one attached hydrogen (secondary N) is 1. The molecule has 0 spiro atoms. The van der Waals surface area contributed by atoms with Crippen molar-refractivity contribution < 1.29 is 4.74 Å². The van der Waals surface area contributed by atoms with E-state index in [1.807, 2.05) is 48.3 Å². The minimum absolute atomic E-state index is 0.486. The summed E-state index contributed by atoms with van der Waals surface area (Å²) in [5.41, 5.74) is 3.34. The highest BCUT2D eigenvalue weighted by atomic mass is 16.5. The third-order valence-corrected chi connectivity index (χ3v) is 3.62. The summed E-state index contributed by atoms with van der Waals surface area (Å²) >= 11 is 0. The van der Waals surface area contributed by atoms with Gasteiger partial charge in [0.2, 0.25) is 11.8 Å². The fraction of sp³-hybridized carbons (Fsp3) is 0.278. The van der Waals surface area contributed by atoms with Gasteiger partial charge in [-0.05, 0) is 12.0 Å². The number of benzene rings is 1. The van der Waals surface area contributed by atoms with Crippen molar-refractivity contribution in [1.82, 2.24) is 19.7 Å². The smallest absolute Gasteiger partial charge is 0.226 e. The second-order valence-corrected chi connectivity index (χ2v) is 5.47. The predicted molar refractivity (Wildman–Crippen MR) is 92.7 cm³/mol. The van der Waals surface area contributed by atoms with Crippen LogP contribution in [0.15, 0.2) is 48.8 Å². The standard InChI is InChI=1S/C18H21N5O/c1-3-16-15(12-23(2)22-16)11-20-18-19-10-9-17(21-18)24-13-14-7-5-4-6-8-14/h4-10,12H,3,11,13H2,1-2H3,(H,19,20,21). The van der Waals surface area contributed by atoms with Crippen LogP contribution in [0.25, 0.3) is 0 Å². The normalized spacial score (nSPS) is 10.6. The number of rotatable bonds is 7. The molecule has 3 rings (SSSR count). The molecule has 0 aliphatic heterocycles. The maximum absolute atomic E-state index is 5.73. The number of hydrogen-bond acceptors (Lipinski definition) is 5. The van der Waals surface area contributed by atoms with Gasteiger partial charge in [-0.3, -0.25) is 4.68 Å². The van der Waals surface area contributed by atoms with Gasteiger partial charge in [0.05, 0.1) is 5.69 Å². The van der Waals surface area contributed by atoms with E-state index in [2.05, 4.69) is 27.3 Å². The van der Waals surface area contributed by atoms with E-state index in [-0.39, 0.29) is 0 Å². The Hall–Kier alpha value is -2.89. The summed E-state index contributed by atoms with van der Waals surface area (Å²) in [6.07, 6.45) is 4.61. The van der Waals surface area contributed by atoms with Crippen LogP contribution in [0.1, 0.15) is 23.7 Å². The molecule has 1 N–H and O–H groups in total. The Labute approximate surface area is 141 Å². The molecule has 0 bridgehead atoms. The van der Waals surface area contributed by atoms with E-state index in [0.29, 0.717) is 25.0 Å². The lowest BCUT2D eigenvalue weighted by molar-refractivity contribution is 0.294. The zero-order chi connectivity index (χ0) is 16.8. The molecular formula is C18H21N5O. The van der Waals surface area contributed by atoms with Crippen molar-refractivity contribution >= 4 is 5.95 Å². The highest BCUT2D eigenvalue weighted by Gasteiger charge is 2.07. The number of aromatic nitrogens is 4. The molecule has 0 fully saturated rings. The van der Waals surface area contributed by atoms with Crippen LogP contribution >= 0.6 is 0 Å². The van der Waals surface area contributed by atoms with E-state index >= 15 is 0 Å². The van der Waals surface area contributed by atoms with Crippen LogP contribution in [0.5, 0.6) is 5.88 Å². The summed E-state index contributed by atoms with van der Waals surface area (Å²) in [4.78, 5) is 8.64. The monoisotopic (exact) mass is 323 g/mol. The van der Waals surface area contributed by atoms with Crippen LogP contribution in [0, 0.1) is 0 Å². The molecule has 0 saturated carbocycles. The molecular weight excluding hydrogens is 302 g/mol. The van der Waals surface area contributed by atoms with E-state index < -0.39 is 0 Å². The first kappa shape index (κ1) is 16.0. The fourth-order valence-corrected chi connectivity index (χ4v) is 2.44. The molecule has 124 valence electrons. The second kappa shape index (κ2) is 7.59. The molecule has 6 nitrogen and oxygen atoms in total. The number of hydrogen-bond donors (Lipinski definition) is 1. The lowest BCUT2D eigenvalue weighted by atomic mass is 10.2. The van der Waals surface area contributed by atoms with Crippen molar-refractivity contribution in [3.05, 3.63) is 65.6 Å². The van der Waals surface area contributed by atoms with Gasteiger partial charge in [0.15, 0.2) is 0 Å². The van der Waals surface area contributed by atoms with Crippen LogP contribution < -0.4 is 10.1 Å². The van der Waals surface area contributed by atoms with Gasteiger partial charge in [0.1, 0.15) is 6.61 Å². The topological polar surface area (TPSA) is 64.9 Å².